The van der Waals surface area contributed by atoms with Crippen LogP contribution < -0.4 is 15.1 Å². The van der Waals surface area contributed by atoms with Crippen LogP contribution in [0.3, 0.4) is 0 Å². The highest BCUT2D eigenvalue weighted by Crippen LogP contribution is 2.21. The van der Waals surface area contributed by atoms with Gasteiger partial charge >= 0.3 is 0 Å². The molecule has 0 amide bonds. The van der Waals surface area contributed by atoms with Gasteiger partial charge in [-0.25, -0.2) is 14.4 Å². The fourth-order valence-corrected chi connectivity index (χ4v) is 3.19. The molecule has 2 aromatic rings. The zero-order valence-electron chi connectivity index (χ0n) is 13.9. The highest BCUT2D eigenvalue weighted by atomic mass is 19.1. The van der Waals surface area contributed by atoms with Crippen LogP contribution in [0.25, 0.3) is 0 Å². The van der Waals surface area contributed by atoms with Crippen LogP contribution in [-0.4, -0.2) is 60.4 Å². The van der Waals surface area contributed by atoms with Gasteiger partial charge in [0.05, 0.1) is 19.4 Å². The highest BCUT2D eigenvalue weighted by Gasteiger charge is 2.24. The average molecular weight is 344 g/mol. The van der Waals surface area contributed by atoms with Crippen molar-refractivity contribution in [3.8, 4) is 0 Å². The Morgan fingerprint density at radius 2 is 1.96 bits per heavy atom. The van der Waals surface area contributed by atoms with Gasteiger partial charge in [-0.1, -0.05) is 0 Å². The van der Waals surface area contributed by atoms with E-state index < -0.39 is 0 Å². The first-order valence-electron chi connectivity index (χ1n) is 8.57. The van der Waals surface area contributed by atoms with Gasteiger partial charge in [-0.05, 0) is 24.6 Å². The third-order valence-electron chi connectivity index (χ3n) is 4.51. The average Bonchev–Trinajstić information content (AvgIpc) is 3.12. The number of morpholine rings is 1. The molecule has 1 unspecified atom stereocenters. The molecular formula is C17H21FN6O. The summed E-state index contributed by atoms with van der Waals surface area (Å²) in [6, 6.07) is 5.34. The Hall–Kier alpha value is -2.48. The molecule has 0 aliphatic carbocycles. The molecule has 1 N–H and O–H groups in total. The van der Waals surface area contributed by atoms with E-state index in [9.17, 15) is 4.39 Å². The van der Waals surface area contributed by atoms with Crippen molar-refractivity contribution in [1.82, 2.24) is 15.0 Å². The summed E-state index contributed by atoms with van der Waals surface area (Å²) in [4.78, 5) is 17.5. The second-order valence-electron chi connectivity index (χ2n) is 6.25. The summed E-state index contributed by atoms with van der Waals surface area (Å²) >= 11 is 0. The number of nitrogens with one attached hydrogen (secondary N) is 1. The summed E-state index contributed by atoms with van der Waals surface area (Å²) < 4.78 is 18.4. The lowest BCUT2D eigenvalue weighted by molar-refractivity contribution is 0.122. The van der Waals surface area contributed by atoms with Crippen molar-refractivity contribution in [3.63, 3.8) is 0 Å². The molecule has 7 nitrogen and oxygen atoms in total. The van der Waals surface area contributed by atoms with E-state index in [1.54, 1.807) is 12.3 Å². The maximum Gasteiger partial charge on any atom is 0.227 e. The number of hydrogen-bond acceptors (Lipinski definition) is 7. The summed E-state index contributed by atoms with van der Waals surface area (Å²) in [5, 5.41) is 3.48. The lowest BCUT2D eigenvalue weighted by Gasteiger charge is -2.27. The normalized spacial score (nSPS) is 20.8. The molecule has 2 aromatic heterocycles. The number of pyridine rings is 1. The molecule has 8 heteroatoms. The molecule has 2 aliphatic rings. The van der Waals surface area contributed by atoms with Crippen LogP contribution in [-0.2, 0) is 4.74 Å². The summed E-state index contributed by atoms with van der Waals surface area (Å²) in [7, 11) is 0. The fourth-order valence-electron chi connectivity index (χ4n) is 3.19. The summed E-state index contributed by atoms with van der Waals surface area (Å²) in [5.74, 6) is 2.07. The molecule has 132 valence electrons. The molecule has 4 rings (SSSR count). The van der Waals surface area contributed by atoms with E-state index in [1.807, 2.05) is 6.07 Å². The van der Waals surface area contributed by atoms with Gasteiger partial charge < -0.3 is 19.9 Å². The Labute approximate surface area is 145 Å². The topological polar surface area (TPSA) is 66.4 Å². The van der Waals surface area contributed by atoms with Crippen molar-refractivity contribution in [2.24, 2.45) is 0 Å². The molecular weight excluding hydrogens is 323 g/mol. The van der Waals surface area contributed by atoms with Crippen LogP contribution in [0.1, 0.15) is 6.42 Å². The third-order valence-corrected chi connectivity index (χ3v) is 4.51. The first kappa shape index (κ1) is 16.0. The van der Waals surface area contributed by atoms with Crippen LogP contribution in [0.15, 0.2) is 30.6 Å². The zero-order chi connectivity index (χ0) is 17.1. The molecule has 0 radical (unpaired) electrons. The molecule has 0 spiro atoms. The SMILES string of the molecule is Fc1ccc(N2CCC(Nc3ccnc(N4CCOCC4)n3)C2)nc1. The summed E-state index contributed by atoms with van der Waals surface area (Å²) in [6.07, 6.45) is 4.03. The first-order valence-corrected chi connectivity index (χ1v) is 8.57. The van der Waals surface area contributed by atoms with Crippen molar-refractivity contribution < 1.29 is 9.13 Å². The van der Waals surface area contributed by atoms with E-state index in [0.717, 1.165) is 50.2 Å². The number of hydrogen-bond donors (Lipinski definition) is 1. The smallest absolute Gasteiger partial charge is 0.227 e. The lowest BCUT2D eigenvalue weighted by Crippen LogP contribution is -2.37. The van der Waals surface area contributed by atoms with E-state index in [0.29, 0.717) is 13.2 Å². The largest absolute Gasteiger partial charge is 0.378 e. The van der Waals surface area contributed by atoms with Crippen molar-refractivity contribution in [2.45, 2.75) is 12.5 Å². The summed E-state index contributed by atoms with van der Waals surface area (Å²) in [5.41, 5.74) is 0. The molecule has 2 saturated heterocycles. The Bertz CT molecular complexity index is 707. The van der Waals surface area contributed by atoms with E-state index in [-0.39, 0.29) is 11.9 Å². The minimum Gasteiger partial charge on any atom is -0.378 e. The first-order chi connectivity index (χ1) is 12.3. The third kappa shape index (κ3) is 3.79. The summed E-state index contributed by atoms with van der Waals surface area (Å²) in [6.45, 7) is 4.76. The number of nitrogens with zero attached hydrogens (tertiary/aromatic N) is 5. The number of anilines is 3. The number of rotatable bonds is 4. The van der Waals surface area contributed by atoms with Crippen molar-refractivity contribution >= 4 is 17.6 Å². The van der Waals surface area contributed by atoms with Gasteiger partial charge in [0.2, 0.25) is 5.95 Å². The van der Waals surface area contributed by atoms with E-state index in [1.165, 1.54) is 12.3 Å². The molecule has 4 heterocycles. The Kier molecular flexibility index (Phi) is 4.60. The quantitative estimate of drug-likeness (QED) is 0.902. The second-order valence-corrected chi connectivity index (χ2v) is 6.25. The molecule has 1 atom stereocenters. The van der Waals surface area contributed by atoms with Gasteiger partial charge in [0, 0.05) is 38.4 Å². The zero-order valence-corrected chi connectivity index (χ0v) is 13.9. The maximum absolute atomic E-state index is 13.0. The van der Waals surface area contributed by atoms with E-state index >= 15 is 0 Å². The molecule has 0 saturated carbocycles. The van der Waals surface area contributed by atoms with Crippen LogP contribution in [0.5, 0.6) is 0 Å². The van der Waals surface area contributed by atoms with Crippen LogP contribution in [0, 0.1) is 5.82 Å². The standard InChI is InChI=1S/C17H21FN6O/c18-13-1-2-16(20-11-13)24-6-4-14(12-24)21-15-3-5-19-17(22-15)23-7-9-25-10-8-23/h1-3,5,11,14H,4,6-10,12H2,(H,19,21,22). The highest BCUT2D eigenvalue weighted by molar-refractivity contribution is 5.45. The van der Waals surface area contributed by atoms with Gasteiger partial charge in [-0.2, -0.15) is 4.98 Å². The van der Waals surface area contributed by atoms with Crippen LogP contribution >= 0.6 is 0 Å². The second kappa shape index (κ2) is 7.18. The van der Waals surface area contributed by atoms with Gasteiger partial charge in [0.15, 0.2) is 0 Å². The Balaban J connectivity index is 1.38. The van der Waals surface area contributed by atoms with Gasteiger partial charge in [0.1, 0.15) is 17.5 Å². The molecule has 0 bridgehead atoms. The van der Waals surface area contributed by atoms with E-state index in [4.69, 9.17) is 4.74 Å². The number of halogens is 1. The van der Waals surface area contributed by atoms with Crippen molar-refractivity contribution in [2.75, 3.05) is 54.5 Å². The Morgan fingerprint density at radius 3 is 2.76 bits per heavy atom. The van der Waals surface area contributed by atoms with Crippen molar-refractivity contribution in [3.05, 3.63) is 36.4 Å². The predicted molar refractivity (Wildman–Crippen MR) is 93.5 cm³/mol. The number of ether oxygens (including phenoxy) is 1. The Morgan fingerprint density at radius 1 is 1.08 bits per heavy atom. The predicted octanol–water partition coefficient (Wildman–Crippen LogP) is 1.54. The monoisotopic (exact) mass is 344 g/mol. The van der Waals surface area contributed by atoms with Gasteiger partial charge in [0.25, 0.3) is 0 Å². The minimum absolute atomic E-state index is 0.277. The van der Waals surface area contributed by atoms with Crippen molar-refractivity contribution in [1.29, 1.82) is 0 Å². The molecule has 2 fully saturated rings. The van der Waals surface area contributed by atoms with Gasteiger partial charge in [-0.15, -0.1) is 0 Å². The lowest BCUT2D eigenvalue weighted by atomic mass is 10.2. The fraction of sp³-hybridized carbons (Fsp3) is 0.471. The number of aromatic nitrogens is 3. The van der Waals surface area contributed by atoms with Crippen LogP contribution in [0.2, 0.25) is 0 Å². The van der Waals surface area contributed by atoms with Gasteiger partial charge in [-0.3, -0.25) is 0 Å². The maximum atomic E-state index is 13.0. The van der Waals surface area contributed by atoms with E-state index in [2.05, 4.69) is 30.1 Å². The minimum atomic E-state index is -0.311. The van der Waals surface area contributed by atoms with Crippen LogP contribution in [0.4, 0.5) is 22.0 Å². The molecule has 25 heavy (non-hydrogen) atoms. The molecule has 2 aliphatic heterocycles. The molecule has 0 aromatic carbocycles.